The third-order valence-corrected chi connectivity index (χ3v) is 4.25. The number of rotatable bonds is 5. The van der Waals surface area contributed by atoms with Crippen LogP contribution in [0.2, 0.25) is 0 Å². The summed E-state index contributed by atoms with van der Waals surface area (Å²) in [4.78, 5) is 31.6. The van der Waals surface area contributed by atoms with E-state index in [-0.39, 0.29) is 23.6 Å². The van der Waals surface area contributed by atoms with Crippen molar-refractivity contribution in [2.24, 2.45) is 5.92 Å². The van der Waals surface area contributed by atoms with E-state index in [0.717, 1.165) is 11.1 Å². The fourth-order valence-electron chi connectivity index (χ4n) is 2.85. The summed E-state index contributed by atoms with van der Waals surface area (Å²) in [5.41, 5.74) is 2.34. The minimum atomic E-state index is -0.270. The van der Waals surface area contributed by atoms with Gasteiger partial charge < -0.3 is 4.74 Å². The number of pyridine rings is 2. The number of aromatic nitrogens is 4. The highest BCUT2D eigenvalue weighted by Gasteiger charge is 2.33. The van der Waals surface area contributed by atoms with Gasteiger partial charge in [-0.05, 0) is 31.2 Å². The van der Waals surface area contributed by atoms with Gasteiger partial charge in [0.25, 0.3) is 0 Å². The van der Waals surface area contributed by atoms with Gasteiger partial charge in [-0.1, -0.05) is 0 Å². The number of nitrogens with one attached hydrogen (secondary N) is 1. The van der Waals surface area contributed by atoms with Crippen molar-refractivity contribution in [2.75, 3.05) is 11.9 Å². The van der Waals surface area contributed by atoms with E-state index >= 15 is 0 Å². The van der Waals surface area contributed by atoms with Crippen LogP contribution in [-0.4, -0.2) is 37.9 Å². The van der Waals surface area contributed by atoms with Crippen molar-refractivity contribution in [3.63, 3.8) is 0 Å². The third-order valence-electron chi connectivity index (χ3n) is 4.25. The Morgan fingerprint density at radius 1 is 1.35 bits per heavy atom. The molecule has 1 aliphatic rings. The lowest BCUT2D eigenvalue weighted by atomic mass is 9.83. The number of nitrogens with zero attached hydrogens (tertiary/aromatic N) is 4. The second-order valence-electron chi connectivity index (χ2n) is 6.08. The van der Waals surface area contributed by atoms with Crippen LogP contribution in [0.1, 0.15) is 19.8 Å². The molecule has 8 nitrogen and oxygen atoms in total. The average Bonchev–Trinajstić information content (AvgIpc) is 3.01. The molecule has 1 saturated carbocycles. The summed E-state index contributed by atoms with van der Waals surface area (Å²) in [5, 5.41) is 6.98. The molecule has 0 spiro atoms. The van der Waals surface area contributed by atoms with Crippen LogP contribution in [0.25, 0.3) is 16.8 Å². The number of Topliss-reactive ketones (excluding diaryl/α,β-unsaturated/α-hetero) is 1. The summed E-state index contributed by atoms with van der Waals surface area (Å²) >= 11 is 0. The van der Waals surface area contributed by atoms with Crippen molar-refractivity contribution in [3.05, 3.63) is 36.7 Å². The van der Waals surface area contributed by atoms with Crippen molar-refractivity contribution >= 4 is 23.3 Å². The van der Waals surface area contributed by atoms with E-state index in [1.165, 1.54) is 0 Å². The Morgan fingerprint density at radius 3 is 2.96 bits per heavy atom. The standard InChI is InChI=1S/C18H17N5O3/c1-2-26-17-14(4-3-7-19-17)11-5-6-15-20-18(22-23(15)10-11)21-16(25)12-8-13(24)9-12/h3-7,10,12H,2,8-9H2,1H3,(H,21,22,25). The molecule has 0 aromatic carbocycles. The van der Waals surface area contributed by atoms with Crippen molar-refractivity contribution < 1.29 is 14.3 Å². The van der Waals surface area contributed by atoms with Gasteiger partial charge >= 0.3 is 0 Å². The normalized spacial score (nSPS) is 14.3. The van der Waals surface area contributed by atoms with Gasteiger partial charge in [-0.25, -0.2) is 9.50 Å². The molecule has 3 aromatic rings. The first kappa shape index (κ1) is 16.2. The molecule has 0 aliphatic heterocycles. The number of carbonyl (C=O) groups excluding carboxylic acids is 2. The molecule has 1 N–H and O–H groups in total. The monoisotopic (exact) mass is 351 g/mol. The van der Waals surface area contributed by atoms with Crippen LogP contribution in [0.15, 0.2) is 36.7 Å². The molecule has 0 unspecified atom stereocenters. The largest absolute Gasteiger partial charge is 0.478 e. The highest BCUT2D eigenvalue weighted by molar-refractivity contribution is 6.01. The first-order valence-electron chi connectivity index (χ1n) is 8.41. The minimum Gasteiger partial charge on any atom is -0.478 e. The van der Waals surface area contributed by atoms with E-state index in [1.54, 1.807) is 10.7 Å². The molecule has 132 valence electrons. The van der Waals surface area contributed by atoms with Crippen molar-refractivity contribution in [1.29, 1.82) is 0 Å². The number of hydrogen-bond donors (Lipinski definition) is 1. The lowest BCUT2D eigenvalue weighted by molar-refractivity contribution is -0.135. The van der Waals surface area contributed by atoms with Gasteiger partial charge in [0.1, 0.15) is 5.78 Å². The highest BCUT2D eigenvalue weighted by atomic mass is 16.5. The highest BCUT2D eigenvalue weighted by Crippen LogP contribution is 2.28. The Balaban J connectivity index is 1.60. The van der Waals surface area contributed by atoms with Gasteiger partial charge in [0.15, 0.2) is 5.65 Å². The fourth-order valence-corrected chi connectivity index (χ4v) is 2.85. The van der Waals surface area contributed by atoms with Crippen LogP contribution in [0.4, 0.5) is 5.95 Å². The minimum absolute atomic E-state index is 0.110. The van der Waals surface area contributed by atoms with E-state index in [0.29, 0.717) is 31.0 Å². The van der Waals surface area contributed by atoms with Gasteiger partial charge in [-0.2, -0.15) is 4.98 Å². The summed E-state index contributed by atoms with van der Waals surface area (Å²) in [6.07, 6.45) is 4.08. The molecular formula is C18H17N5O3. The smallest absolute Gasteiger partial charge is 0.249 e. The molecule has 1 aliphatic carbocycles. The molecule has 1 amide bonds. The summed E-state index contributed by atoms with van der Waals surface area (Å²) in [5.74, 6) is 0.403. The zero-order chi connectivity index (χ0) is 18.1. The number of ether oxygens (including phenoxy) is 1. The van der Waals surface area contributed by atoms with Crippen molar-refractivity contribution in [3.8, 4) is 17.0 Å². The lowest BCUT2D eigenvalue weighted by Gasteiger charge is -2.21. The second kappa shape index (κ2) is 6.55. The van der Waals surface area contributed by atoms with Crippen LogP contribution < -0.4 is 10.1 Å². The molecular weight excluding hydrogens is 334 g/mol. The van der Waals surface area contributed by atoms with E-state index in [9.17, 15) is 9.59 Å². The SMILES string of the molecule is CCOc1ncccc1-c1ccc2nc(NC(=O)C3CC(=O)C3)nn2c1. The molecule has 26 heavy (non-hydrogen) atoms. The van der Waals surface area contributed by atoms with E-state index < -0.39 is 0 Å². The number of carbonyl (C=O) groups is 2. The first-order chi connectivity index (χ1) is 12.6. The van der Waals surface area contributed by atoms with Gasteiger partial charge in [-0.3, -0.25) is 14.9 Å². The summed E-state index contributed by atoms with van der Waals surface area (Å²) in [6, 6.07) is 7.48. The van der Waals surface area contributed by atoms with Crippen molar-refractivity contribution in [2.45, 2.75) is 19.8 Å². The topological polar surface area (TPSA) is 98.5 Å². The molecule has 0 saturated heterocycles. The van der Waals surface area contributed by atoms with E-state index in [1.807, 2.05) is 37.4 Å². The Hall–Kier alpha value is -3.29. The number of amides is 1. The predicted molar refractivity (Wildman–Crippen MR) is 93.7 cm³/mol. The molecule has 4 rings (SSSR count). The molecule has 3 heterocycles. The second-order valence-corrected chi connectivity index (χ2v) is 6.08. The molecule has 3 aromatic heterocycles. The summed E-state index contributed by atoms with van der Waals surface area (Å²) in [7, 11) is 0. The van der Waals surface area contributed by atoms with Crippen LogP contribution in [0, 0.1) is 5.92 Å². The van der Waals surface area contributed by atoms with Crippen LogP contribution >= 0.6 is 0 Å². The molecule has 0 atom stereocenters. The van der Waals surface area contributed by atoms with Crippen LogP contribution in [0.5, 0.6) is 5.88 Å². The number of hydrogen-bond acceptors (Lipinski definition) is 6. The maximum absolute atomic E-state index is 12.0. The first-order valence-corrected chi connectivity index (χ1v) is 8.41. The van der Waals surface area contributed by atoms with Crippen LogP contribution in [0.3, 0.4) is 0 Å². The van der Waals surface area contributed by atoms with Gasteiger partial charge in [0.2, 0.25) is 17.7 Å². The zero-order valence-corrected chi connectivity index (χ0v) is 14.2. The quantitative estimate of drug-likeness (QED) is 0.756. The number of ketones is 1. The molecule has 0 radical (unpaired) electrons. The van der Waals surface area contributed by atoms with Crippen LogP contribution in [-0.2, 0) is 9.59 Å². The van der Waals surface area contributed by atoms with E-state index in [2.05, 4.69) is 20.4 Å². The van der Waals surface area contributed by atoms with Gasteiger partial charge in [0.05, 0.1) is 12.5 Å². The lowest BCUT2D eigenvalue weighted by Crippen LogP contribution is -2.34. The summed E-state index contributed by atoms with van der Waals surface area (Å²) < 4.78 is 7.17. The Labute approximate surface area is 149 Å². The molecule has 0 bridgehead atoms. The number of anilines is 1. The Morgan fingerprint density at radius 2 is 2.19 bits per heavy atom. The maximum atomic E-state index is 12.0. The summed E-state index contributed by atoms with van der Waals surface area (Å²) in [6.45, 7) is 2.43. The fraction of sp³-hybridized carbons (Fsp3) is 0.278. The van der Waals surface area contributed by atoms with E-state index in [4.69, 9.17) is 4.74 Å². The maximum Gasteiger partial charge on any atom is 0.249 e. The van der Waals surface area contributed by atoms with Crippen molar-refractivity contribution in [1.82, 2.24) is 19.6 Å². The number of fused-ring (bicyclic) bond motifs is 1. The predicted octanol–water partition coefficient (Wildman–Crippen LogP) is 2.11. The zero-order valence-electron chi connectivity index (χ0n) is 14.2. The third kappa shape index (κ3) is 3.01. The molecule has 8 heteroatoms. The van der Waals surface area contributed by atoms with Gasteiger partial charge in [-0.15, -0.1) is 5.10 Å². The Bertz CT molecular complexity index is 989. The Kier molecular flexibility index (Phi) is 4.08. The average molecular weight is 351 g/mol. The molecule has 1 fully saturated rings. The van der Waals surface area contributed by atoms with Gasteiger partial charge in [0, 0.05) is 36.4 Å².